The van der Waals surface area contributed by atoms with Gasteiger partial charge in [0.25, 0.3) is 0 Å². The van der Waals surface area contributed by atoms with Crippen molar-refractivity contribution in [3.8, 4) is 11.6 Å². The molecular weight excluding hydrogens is 260 g/mol. The van der Waals surface area contributed by atoms with Crippen molar-refractivity contribution in [1.82, 2.24) is 9.97 Å². The van der Waals surface area contributed by atoms with E-state index in [-0.39, 0.29) is 0 Å². The maximum absolute atomic E-state index is 5.52. The highest BCUT2D eigenvalue weighted by Gasteiger charge is 1.95. The van der Waals surface area contributed by atoms with E-state index < -0.39 is 0 Å². The van der Waals surface area contributed by atoms with E-state index >= 15 is 0 Å². The van der Waals surface area contributed by atoms with Crippen molar-refractivity contribution < 1.29 is 4.74 Å². The molecule has 1 aromatic carbocycles. The van der Waals surface area contributed by atoms with E-state index in [2.05, 4.69) is 9.97 Å². The molecule has 0 aliphatic rings. The molecule has 0 N–H and O–H groups in total. The molecule has 2 heterocycles. The Morgan fingerprint density at radius 3 is 2.05 bits per heavy atom. The molecule has 0 spiro atoms. The third kappa shape index (κ3) is 5.45. The van der Waals surface area contributed by atoms with Gasteiger partial charge in [-0.3, -0.25) is 4.98 Å². The maximum Gasteiger partial charge on any atom is 0.219 e. The Hall–Kier alpha value is -2.68. The first-order valence-corrected chi connectivity index (χ1v) is 6.76. The number of aromatic nitrogens is 2. The van der Waals surface area contributed by atoms with Gasteiger partial charge in [-0.2, -0.15) is 0 Å². The SMILES string of the molecule is Cc1ccc(Oc2ccccc2)nc1.Cc1cccnc1. The second-order valence-electron chi connectivity index (χ2n) is 4.62. The molecule has 0 aliphatic heterocycles. The van der Waals surface area contributed by atoms with Crippen LogP contribution in [0.3, 0.4) is 0 Å². The molecular formula is C18H18N2O. The second-order valence-corrected chi connectivity index (χ2v) is 4.62. The van der Waals surface area contributed by atoms with E-state index in [1.807, 2.05) is 74.6 Å². The van der Waals surface area contributed by atoms with Gasteiger partial charge in [0, 0.05) is 24.7 Å². The Morgan fingerprint density at radius 1 is 0.762 bits per heavy atom. The molecule has 0 saturated heterocycles. The number of rotatable bonds is 2. The highest BCUT2D eigenvalue weighted by atomic mass is 16.5. The van der Waals surface area contributed by atoms with Crippen molar-refractivity contribution in [2.24, 2.45) is 0 Å². The predicted octanol–water partition coefficient (Wildman–Crippen LogP) is 4.57. The topological polar surface area (TPSA) is 35.0 Å². The molecule has 106 valence electrons. The van der Waals surface area contributed by atoms with E-state index in [0.717, 1.165) is 11.3 Å². The smallest absolute Gasteiger partial charge is 0.219 e. The van der Waals surface area contributed by atoms with Crippen LogP contribution < -0.4 is 4.74 Å². The summed E-state index contributed by atoms with van der Waals surface area (Å²) in [5.41, 5.74) is 2.34. The molecule has 3 aromatic rings. The van der Waals surface area contributed by atoms with Gasteiger partial charge in [0.15, 0.2) is 0 Å². The fourth-order valence-electron chi connectivity index (χ4n) is 1.57. The lowest BCUT2D eigenvalue weighted by molar-refractivity contribution is 0.462. The van der Waals surface area contributed by atoms with Crippen molar-refractivity contribution in [2.75, 3.05) is 0 Å². The molecule has 0 fully saturated rings. The molecule has 3 heteroatoms. The molecule has 2 aromatic heterocycles. The minimum Gasteiger partial charge on any atom is -0.439 e. The first kappa shape index (κ1) is 14.7. The van der Waals surface area contributed by atoms with Crippen molar-refractivity contribution in [1.29, 1.82) is 0 Å². The van der Waals surface area contributed by atoms with Gasteiger partial charge in [-0.15, -0.1) is 0 Å². The lowest BCUT2D eigenvalue weighted by Gasteiger charge is -2.03. The van der Waals surface area contributed by atoms with Crippen LogP contribution in [0, 0.1) is 13.8 Å². The summed E-state index contributed by atoms with van der Waals surface area (Å²) in [4.78, 5) is 8.04. The molecule has 0 saturated carbocycles. The summed E-state index contributed by atoms with van der Waals surface area (Å²) >= 11 is 0. The Bertz CT molecular complexity index is 637. The van der Waals surface area contributed by atoms with Crippen molar-refractivity contribution in [3.05, 3.63) is 84.3 Å². The number of hydrogen-bond acceptors (Lipinski definition) is 3. The van der Waals surface area contributed by atoms with Crippen molar-refractivity contribution in [2.45, 2.75) is 13.8 Å². The van der Waals surface area contributed by atoms with Crippen LogP contribution >= 0.6 is 0 Å². The normalized spacial score (nSPS) is 9.43. The van der Waals surface area contributed by atoms with Crippen LogP contribution in [0.15, 0.2) is 73.2 Å². The van der Waals surface area contributed by atoms with Crippen LogP contribution in [0.5, 0.6) is 11.6 Å². The van der Waals surface area contributed by atoms with E-state index in [1.54, 1.807) is 12.4 Å². The van der Waals surface area contributed by atoms with Gasteiger partial charge < -0.3 is 4.74 Å². The monoisotopic (exact) mass is 278 g/mol. The average molecular weight is 278 g/mol. The number of benzene rings is 1. The molecule has 0 radical (unpaired) electrons. The number of nitrogens with zero attached hydrogens (tertiary/aromatic N) is 2. The summed E-state index contributed by atoms with van der Waals surface area (Å²) in [6, 6.07) is 17.4. The lowest BCUT2D eigenvalue weighted by atomic mass is 10.3. The molecule has 0 aliphatic carbocycles. The second kappa shape index (κ2) is 7.80. The number of hydrogen-bond donors (Lipinski definition) is 0. The summed E-state index contributed by atoms with van der Waals surface area (Å²) < 4.78 is 5.52. The van der Waals surface area contributed by atoms with Gasteiger partial charge in [0.05, 0.1) is 0 Å². The number of para-hydroxylation sites is 1. The molecule has 3 rings (SSSR count). The highest BCUT2D eigenvalue weighted by molar-refractivity contribution is 5.27. The standard InChI is InChI=1S/C12H11NO.C6H7N/c1-10-7-8-12(13-9-10)14-11-5-3-2-4-6-11;1-6-3-2-4-7-5-6/h2-9H,1H3;2-5H,1H3. The minimum absolute atomic E-state index is 0.627. The zero-order valence-corrected chi connectivity index (χ0v) is 12.2. The third-order valence-electron chi connectivity index (χ3n) is 2.66. The summed E-state index contributed by atoms with van der Waals surface area (Å²) in [7, 11) is 0. The van der Waals surface area contributed by atoms with Gasteiger partial charge in [-0.05, 0) is 43.2 Å². The van der Waals surface area contributed by atoms with E-state index in [0.29, 0.717) is 5.88 Å². The summed E-state index contributed by atoms with van der Waals surface area (Å²) in [5.74, 6) is 1.44. The van der Waals surface area contributed by atoms with E-state index in [1.165, 1.54) is 5.56 Å². The van der Waals surface area contributed by atoms with Crippen molar-refractivity contribution >= 4 is 0 Å². The molecule has 21 heavy (non-hydrogen) atoms. The molecule has 0 atom stereocenters. The van der Waals surface area contributed by atoms with Gasteiger partial charge in [0.2, 0.25) is 5.88 Å². The van der Waals surface area contributed by atoms with Crippen LogP contribution in [-0.2, 0) is 0 Å². The van der Waals surface area contributed by atoms with Crippen molar-refractivity contribution in [3.63, 3.8) is 0 Å². The molecule has 0 unspecified atom stereocenters. The average Bonchev–Trinajstić information content (AvgIpc) is 2.52. The van der Waals surface area contributed by atoms with Gasteiger partial charge in [0.1, 0.15) is 5.75 Å². The Kier molecular flexibility index (Phi) is 5.47. The predicted molar refractivity (Wildman–Crippen MR) is 84.5 cm³/mol. The number of pyridine rings is 2. The number of aryl methyl sites for hydroxylation is 2. The van der Waals surface area contributed by atoms with Crippen LogP contribution in [0.1, 0.15) is 11.1 Å². The largest absolute Gasteiger partial charge is 0.439 e. The van der Waals surface area contributed by atoms with Gasteiger partial charge in [-0.25, -0.2) is 4.98 Å². The minimum atomic E-state index is 0.627. The van der Waals surface area contributed by atoms with Gasteiger partial charge in [-0.1, -0.05) is 30.3 Å². The zero-order valence-electron chi connectivity index (χ0n) is 12.2. The van der Waals surface area contributed by atoms with Crippen LogP contribution in [0.4, 0.5) is 0 Å². The quantitative estimate of drug-likeness (QED) is 0.688. The molecule has 0 amide bonds. The summed E-state index contributed by atoms with van der Waals surface area (Å²) in [6.45, 7) is 4.02. The Balaban J connectivity index is 0.000000194. The first-order valence-electron chi connectivity index (χ1n) is 6.76. The van der Waals surface area contributed by atoms with E-state index in [4.69, 9.17) is 4.74 Å². The summed E-state index contributed by atoms with van der Waals surface area (Å²) in [6.07, 6.45) is 5.39. The van der Waals surface area contributed by atoms with Crippen LogP contribution in [0.25, 0.3) is 0 Å². The molecule has 3 nitrogen and oxygen atoms in total. The number of ether oxygens (including phenoxy) is 1. The fraction of sp³-hybridized carbons (Fsp3) is 0.111. The van der Waals surface area contributed by atoms with E-state index in [9.17, 15) is 0 Å². The van der Waals surface area contributed by atoms with Crippen LogP contribution in [0.2, 0.25) is 0 Å². The summed E-state index contributed by atoms with van der Waals surface area (Å²) in [5, 5.41) is 0. The zero-order chi connectivity index (χ0) is 14.9. The fourth-order valence-corrected chi connectivity index (χ4v) is 1.57. The molecule has 0 bridgehead atoms. The Labute approximate surface area is 125 Å². The van der Waals surface area contributed by atoms with Gasteiger partial charge >= 0.3 is 0 Å². The highest BCUT2D eigenvalue weighted by Crippen LogP contribution is 2.17. The first-order chi connectivity index (χ1) is 10.2. The lowest BCUT2D eigenvalue weighted by Crippen LogP contribution is -1.86. The maximum atomic E-state index is 5.52. The Morgan fingerprint density at radius 2 is 1.52 bits per heavy atom. The third-order valence-corrected chi connectivity index (χ3v) is 2.66. The van der Waals surface area contributed by atoms with Crippen LogP contribution in [-0.4, -0.2) is 9.97 Å².